The number of ether oxygens (including phenoxy) is 1. The molecule has 0 amide bonds. The van der Waals surface area contributed by atoms with E-state index >= 15 is 0 Å². The van der Waals surface area contributed by atoms with E-state index in [9.17, 15) is 0 Å². The fourth-order valence-electron chi connectivity index (χ4n) is 3.43. The van der Waals surface area contributed by atoms with E-state index in [2.05, 4.69) is 38.8 Å². The lowest BCUT2D eigenvalue weighted by Gasteiger charge is -2.32. The molecule has 126 valence electrons. The molecule has 2 atom stereocenters. The van der Waals surface area contributed by atoms with Gasteiger partial charge in [-0.15, -0.1) is 0 Å². The zero-order valence-electron chi connectivity index (χ0n) is 13.8. The van der Waals surface area contributed by atoms with Crippen LogP contribution in [0.4, 0.5) is 5.69 Å². The van der Waals surface area contributed by atoms with Gasteiger partial charge in [-0.2, -0.15) is 20.5 Å². The summed E-state index contributed by atoms with van der Waals surface area (Å²) in [6.07, 6.45) is 4.22. The average Bonchev–Trinajstić information content (AvgIpc) is 3.28. The molecule has 1 fully saturated rings. The Kier molecular flexibility index (Phi) is 4.17. The van der Waals surface area contributed by atoms with Crippen LogP contribution in [0.1, 0.15) is 31.6 Å². The lowest BCUT2D eigenvalue weighted by atomic mass is 9.92. The first-order valence-electron chi connectivity index (χ1n) is 8.53. The van der Waals surface area contributed by atoms with E-state index in [1.54, 1.807) is 0 Å². The second-order valence-electron chi connectivity index (χ2n) is 6.17. The van der Waals surface area contributed by atoms with Crippen LogP contribution in [0.25, 0.3) is 11.0 Å². The number of hydrogen-bond acceptors (Lipinski definition) is 5. The predicted octanol–water partition coefficient (Wildman–Crippen LogP) is 2.75. The summed E-state index contributed by atoms with van der Waals surface area (Å²) >= 11 is 0. The van der Waals surface area contributed by atoms with Gasteiger partial charge >= 0.3 is 0 Å². The van der Waals surface area contributed by atoms with E-state index in [-0.39, 0.29) is 6.10 Å². The van der Waals surface area contributed by atoms with E-state index in [1.165, 1.54) is 5.69 Å². The Labute approximate surface area is 140 Å². The molecular weight excluding hydrogens is 304 g/mol. The number of anilines is 1. The van der Waals surface area contributed by atoms with Crippen LogP contribution >= 0.6 is 0 Å². The first-order chi connectivity index (χ1) is 11.8. The van der Waals surface area contributed by atoms with Gasteiger partial charge in [0.1, 0.15) is 17.1 Å². The van der Waals surface area contributed by atoms with Gasteiger partial charge in [0.15, 0.2) is 0 Å². The first-order valence-corrected chi connectivity index (χ1v) is 8.53. The van der Waals surface area contributed by atoms with E-state index in [4.69, 9.17) is 4.74 Å². The lowest BCUT2D eigenvalue weighted by molar-refractivity contribution is -0.0288. The summed E-state index contributed by atoms with van der Waals surface area (Å²) in [6, 6.07) is 8.11. The molecule has 2 aromatic heterocycles. The topological polar surface area (TPSA) is 80.6 Å². The van der Waals surface area contributed by atoms with Crippen LogP contribution < -0.4 is 5.32 Å². The third-order valence-electron chi connectivity index (χ3n) is 4.67. The number of aromatic nitrogens is 5. The van der Waals surface area contributed by atoms with Crippen LogP contribution in [0, 0.1) is 5.92 Å². The van der Waals surface area contributed by atoms with Gasteiger partial charge < -0.3 is 10.1 Å². The van der Waals surface area contributed by atoms with Crippen molar-refractivity contribution in [1.82, 2.24) is 25.2 Å². The normalized spacial score (nSPS) is 21.2. The molecule has 3 heterocycles. The quantitative estimate of drug-likeness (QED) is 0.753. The third kappa shape index (κ3) is 2.87. The fourth-order valence-corrected chi connectivity index (χ4v) is 3.43. The molecule has 1 aliphatic heterocycles. The Balaban J connectivity index is 1.49. The summed E-state index contributed by atoms with van der Waals surface area (Å²) in [5, 5.41) is 18.8. The zero-order chi connectivity index (χ0) is 16.4. The molecule has 0 aliphatic carbocycles. The number of nitrogens with one attached hydrogen (secondary N) is 2. The molecule has 1 aromatic carbocycles. The molecule has 1 saturated heterocycles. The maximum Gasteiger partial charge on any atom is 0.115 e. The molecule has 24 heavy (non-hydrogen) atoms. The fraction of sp³-hybridized carbons (Fsp3) is 0.471. The maximum atomic E-state index is 6.10. The van der Waals surface area contributed by atoms with Crippen LogP contribution in [0.3, 0.4) is 0 Å². The molecule has 7 heteroatoms. The Morgan fingerprint density at radius 3 is 3.12 bits per heavy atom. The van der Waals surface area contributed by atoms with Crippen LogP contribution in [-0.2, 0) is 11.3 Å². The maximum absolute atomic E-state index is 6.10. The molecule has 1 aliphatic rings. The van der Waals surface area contributed by atoms with Crippen molar-refractivity contribution < 1.29 is 4.74 Å². The summed E-state index contributed by atoms with van der Waals surface area (Å²) in [6.45, 7) is 4.66. The van der Waals surface area contributed by atoms with Gasteiger partial charge in [0.05, 0.1) is 5.69 Å². The van der Waals surface area contributed by atoms with Gasteiger partial charge in [-0.25, -0.2) is 0 Å². The molecule has 0 spiro atoms. The van der Waals surface area contributed by atoms with Crippen molar-refractivity contribution in [2.45, 2.75) is 32.4 Å². The van der Waals surface area contributed by atoms with Crippen molar-refractivity contribution >= 4 is 16.7 Å². The highest BCUT2D eigenvalue weighted by Crippen LogP contribution is 2.33. The number of benzene rings is 1. The second-order valence-corrected chi connectivity index (χ2v) is 6.17. The molecule has 4 rings (SSSR count). The number of rotatable bonds is 5. The first kappa shape index (κ1) is 15.1. The molecule has 0 unspecified atom stereocenters. The number of nitrogens with zero attached hydrogens (tertiary/aromatic N) is 4. The van der Waals surface area contributed by atoms with E-state index < -0.39 is 0 Å². The molecule has 7 nitrogen and oxygen atoms in total. The van der Waals surface area contributed by atoms with Crippen LogP contribution in [0.15, 0.2) is 30.5 Å². The number of aromatic amines is 1. The Morgan fingerprint density at radius 2 is 2.21 bits per heavy atom. The monoisotopic (exact) mass is 326 g/mol. The Bertz CT molecular complexity index is 810. The van der Waals surface area contributed by atoms with Crippen molar-refractivity contribution in [2.75, 3.05) is 18.5 Å². The minimum Gasteiger partial charge on any atom is -0.385 e. The van der Waals surface area contributed by atoms with Crippen molar-refractivity contribution in [1.29, 1.82) is 0 Å². The van der Waals surface area contributed by atoms with Crippen molar-refractivity contribution in [3.8, 4) is 0 Å². The molecule has 0 bridgehead atoms. The van der Waals surface area contributed by atoms with Crippen LogP contribution in [-0.4, -0.2) is 38.3 Å². The van der Waals surface area contributed by atoms with Crippen molar-refractivity contribution in [3.63, 3.8) is 0 Å². The molecule has 3 aromatic rings. The molecule has 0 radical (unpaired) electrons. The number of fused-ring (bicyclic) bond motifs is 1. The predicted molar refractivity (Wildman–Crippen MR) is 91.7 cm³/mol. The van der Waals surface area contributed by atoms with Gasteiger partial charge in [-0.05, 0) is 44.0 Å². The smallest absolute Gasteiger partial charge is 0.115 e. The summed E-state index contributed by atoms with van der Waals surface area (Å²) in [5.74, 6) is 0.425. The largest absolute Gasteiger partial charge is 0.385 e. The molecule has 2 N–H and O–H groups in total. The van der Waals surface area contributed by atoms with Gasteiger partial charge in [0.25, 0.3) is 0 Å². The van der Waals surface area contributed by atoms with Gasteiger partial charge in [0.2, 0.25) is 0 Å². The van der Waals surface area contributed by atoms with Gasteiger partial charge in [0, 0.05) is 37.5 Å². The Hall–Kier alpha value is -2.41. The highest BCUT2D eigenvalue weighted by Gasteiger charge is 2.29. The standard InChI is InChI=1S/C17H22N6O/c1-2-23-16(7-8-19-23)17-12(4-3-9-24-17)11-18-13-5-6-14-15(10-13)21-22-20-14/h5-8,10,12,17-18H,2-4,9,11H2,1H3,(H,20,21,22)/t12-,17+/m0/s1. The summed E-state index contributed by atoms with van der Waals surface area (Å²) in [4.78, 5) is 0. The number of aryl methyl sites for hydroxylation is 1. The number of H-pyrrole nitrogens is 1. The molecule has 0 saturated carbocycles. The highest BCUT2D eigenvalue weighted by atomic mass is 16.5. The lowest BCUT2D eigenvalue weighted by Crippen LogP contribution is -2.30. The highest BCUT2D eigenvalue weighted by molar-refractivity contribution is 5.77. The minimum absolute atomic E-state index is 0.101. The van der Waals surface area contributed by atoms with E-state index in [1.807, 2.05) is 29.1 Å². The zero-order valence-corrected chi connectivity index (χ0v) is 13.8. The van der Waals surface area contributed by atoms with Crippen LogP contribution in [0.5, 0.6) is 0 Å². The van der Waals surface area contributed by atoms with Crippen molar-refractivity contribution in [3.05, 3.63) is 36.2 Å². The second kappa shape index (κ2) is 6.60. The van der Waals surface area contributed by atoms with E-state index in [0.717, 1.165) is 49.3 Å². The van der Waals surface area contributed by atoms with Crippen molar-refractivity contribution in [2.24, 2.45) is 5.92 Å². The number of hydrogen-bond donors (Lipinski definition) is 2. The Morgan fingerprint density at radius 1 is 1.29 bits per heavy atom. The summed E-state index contributed by atoms with van der Waals surface area (Å²) in [5.41, 5.74) is 3.99. The van der Waals surface area contributed by atoms with Crippen LogP contribution in [0.2, 0.25) is 0 Å². The summed E-state index contributed by atoms with van der Waals surface area (Å²) < 4.78 is 8.13. The average molecular weight is 326 g/mol. The van der Waals surface area contributed by atoms with E-state index in [0.29, 0.717) is 5.92 Å². The molecular formula is C17H22N6O. The SMILES string of the molecule is CCn1nccc1[C@@H]1OCCC[C@H]1CNc1ccc2n[nH]nc2c1. The summed E-state index contributed by atoms with van der Waals surface area (Å²) in [7, 11) is 0. The minimum atomic E-state index is 0.101. The van der Waals surface area contributed by atoms with Gasteiger partial charge in [-0.1, -0.05) is 0 Å². The third-order valence-corrected chi connectivity index (χ3v) is 4.67. The van der Waals surface area contributed by atoms with Gasteiger partial charge in [-0.3, -0.25) is 4.68 Å².